The number of sulfone groups is 1. The molecule has 90 valence electrons. The Bertz CT molecular complexity index is 624. The van der Waals surface area contributed by atoms with Gasteiger partial charge >= 0.3 is 0 Å². The SMILES string of the molecule is Nc1ccc(F)cc1S(=O)(=O)Cc1nccs1. The zero-order valence-electron chi connectivity index (χ0n) is 8.63. The summed E-state index contributed by atoms with van der Waals surface area (Å²) in [6, 6.07) is 3.29. The summed E-state index contributed by atoms with van der Waals surface area (Å²) in [5.41, 5.74) is 5.59. The molecule has 0 atom stereocenters. The van der Waals surface area contributed by atoms with E-state index in [1.54, 1.807) is 5.38 Å². The highest BCUT2D eigenvalue weighted by Gasteiger charge is 2.20. The highest BCUT2D eigenvalue weighted by atomic mass is 32.2. The standard InChI is InChI=1S/C10H9FN2O2S2/c11-7-1-2-8(12)9(5-7)17(14,15)6-10-13-3-4-16-10/h1-5H,6,12H2. The molecule has 2 rings (SSSR count). The van der Waals surface area contributed by atoms with Gasteiger partial charge in [0.1, 0.15) is 16.6 Å². The van der Waals surface area contributed by atoms with E-state index in [1.165, 1.54) is 23.6 Å². The lowest BCUT2D eigenvalue weighted by atomic mass is 10.3. The van der Waals surface area contributed by atoms with Gasteiger partial charge in [-0.2, -0.15) is 0 Å². The van der Waals surface area contributed by atoms with E-state index < -0.39 is 15.7 Å². The summed E-state index contributed by atoms with van der Waals surface area (Å²) in [5, 5.41) is 2.13. The van der Waals surface area contributed by atoms with Crippen LogP contribution >= 0.6 is 11.3 Å². The maximum absolute atomic E-state index is 13.0. The summed E-state index contributed by atoms with van der Waals surface area (Å²) in [6.45, 7) is 0. The van der Waals surface area contributed by atoms with Crippen LogP contribution in [0.25, 0.3) is 0 Å². The van der Waals surface area contributed by atoms with Crippen LogP contribution in [0.15, 0.2) is 34.7 Å². The van der Waals surface area contributed by atoms with Crippen LogP contribution in [0.3, 0.4) is 0 Å². The Balaban J connectivity index is 2.41. The van der Waals surface area contributed by atoms with Gasteiger partial charge in [-0.05, 0) is 18.2 Å². The molecular formula is C10H9FN2O2S2. The van der Waals surface area contributed by atoms with Gasteiger partial charge in [0.25, 0.3) is 0 Å². The summed E-state index contributed by atoms with van der Waals surface area (Å²) in [5.74, 6) is -0.893. The van der Waals surface area contributed by atoms with E-state index in [4.69, 9.17) is 5.73 Å². The first-order valence-electron chi connectivity index (χ1n) is 4.65. The molecule has 7 heteroatoms. The minimum absolute atomic E-state index is 0.0444. The van der Waals surface area contributed by atoms with Crippen molar-refractivity contribution in [3.8, 4) is 0 Å². The second-order valence-corrected chi connectivity index (χ2v) is 6.30. The molecule has 0 radical (unpaired) electrons. The van der Waals surface area contributed by atoms with Crippen molar-refractivity contribution in [2.45, 2.75) is 10.6 Å². The van der Waals surface area contributed by atoms with E-state index >= 15 is 0 Å². The topological polar surface area (TPSA) is 73.1 Å². The summed E-state index contributed by atoms with van der Waals surface area (Å²) < 4.78 is 37.0. The molecule has 1 aromatic heterocycles. The van der Waals surface area contributed by atoms with Crippen molar-refractivity contribution in [2.75, 3.05) is 5.73 Å². The predicted octanol–water partition coefficient (Wildman–Crippen LogP) is 1.84. The van der Waals surface area contributed by atoms with E-state index in [0.717, 1.165) is 12.1 Å². The summed E-state index contributed by atoms with van der Waals surface area (Å²) in [4.78, 5) is 3.70. The second kappa shape index (κ2) is 4.42. The van der Waals surface area contributed by atoms with Gasteiger partial charge in [-0.1, -0.05) is 0 Å². The Labute approximate surface area is 102 Å². The number of thiazole rings is 1. The molecule has 4 nitrogen and oxygen atoms in total. The van der Waals surface area contributed by atoms with Gasteiger partial charge in [0.2, 0.25) is 0 Å². The van der Waals surface area contributed by atoms with Crippen molar-refractivity contribution in [2.24, 2.45) is 0 Å². The fourth-order valence-corrected chi connectivity index (χ4v) is 3.75. The Morgan fingerprint density at radius 1 is 1.41 bits per heavy atom. The average molecular weight is 272 g/mol. The molecule has 2 aromatic rings. The maximum atomic E-state index is 13.0. The summed E-state index contributed by atoms with van der Waals surface area (Å²) in [7, 11) is -3.65. The number of halogens is 1. The fourth-order valence-electron chi connectivity index (χ4n) is 1.34. The lowest BCUT2D eigenvalue weighted by Gasteiger charge is -2.05. The lowest BCUT2D eigenvalue weighted by molar-refractivity contribution is 0.590. The smallest absolute Gasteiger partial charge is 0.187 e. The number of nitrogen functional groups attached to an aromatic ring is 1. The molecule has 2 N–H and O–H groups in total. The summed E-state index contributed by atoms with van der Waals surface area (Å²) in [6.07, 6.45) is 1.52. The monoisotopic (exact) mass is 272 g/mol. The Hall–Kier alpha value is -1.47. The molecule has 17 heavy (non-hydrogen) atoms. The van der Waals surface area contributed by atoms with Gasteiger partial charge in [0.05, 0.1) is 10.6 Å². The van der Waals surface area contributed by atoms with E-state index in [1.807, 2.05) is 0 Å². The number of anilines is 1. The molecule has 0 unspecified atom stereocenters. The quantitative estimate of drug-likeness (QED) is 0.865. The predicted molar refractivity (Wildman–Crippen MR) is 63.8 cm³/mol. The van der Waals surface area contributed by atoms with Crippen molar-refractivity contribution in [3.63, 3.8) is 0 Å². The molecule has 0 saturated carbocycles. The number of nitrogens with zero attached hydrogens (tertiary/aromatic N) is 1. The van der Waals surface area contributed by atoms with Gasteiger partial charge in [-0.25, -0.2) is 17.8 Å². The van der Waals surface area contributed by atoms with Gasteiger partial charge in [0.15, 0.2) is 9.84 Å². The molecule has 0 aliphatic carbocycles. The number of rotatable bonds is 3. The van der Waals surface area contributed by atoms with E-state index in [-0.39, 0.29) is 16.3 Å². The Morgan fingerprint density at radius 2 is 2.18 bits per heavy atom. The number of benzene rings is 1. The van der Waals surface area contributed by atoms with Crippen molar-refractivity contribution in [3.05, 3.63) is 40.6 Å². The molecule has 1 aromatic carbocycles. The molecule has 0 bridgehead atoms. The molecule has 0 saturated heterocycles. The second-order valence-electron chi connectivity index (χ2n) is 3.37. The zero-order chi connectivity index (χ0) is 12.5. The number of hydrogen-bond acceptors (Lipinski definition) is 5. The van der Waals surface area contributed by atoms with Gasteiger partial charge in [-0.3, -0.25) is 0 Å². The first-order chi connectivity index (χ1) is 7.99. The van der Waals surface area contributed by atoms with Crippen LogP contribution in [-0.2, 0) is 15.6 Å². The van der Waals surface area contributed by atoms with Crippen molar-refractivity contribution < 1.29 is 12.8 Å². The minimum Gasteiger partial charge on any atom is -0.398 e. The Kier molecular flexibility index (Phi) is 3.12. The third-order valence-corrected chi connectivity index (χ3v) is 4.75. The highest BCUT2D eigenvalue weighted by Crippen LogP contribution is 2.23. The van der Waals surface area contributed by atoms with Crippen LogP contribution in [0.2, 0.25) is 0 Å². The third-order valence-electron chi connectivity index (χ3n) is 2.11. The van der Waals surface area contributed by atoms with Crippen LogP contribution in [0.1, 0.15) is 5.01 Å². The Morgan fingerprint density at radius 3 is 2.82 bits per heavy atom. The van der Waals surface area contributed by atoms with Crippen LogP contribution < -0.4 is 5.73 Å². The molecule has 0 aliphatic rings. The van der Waals surface area contributed by atoms with Crippen molar-refractivity contribution in [1.29, 1.82) is 0 Å². The molecule has 0 fully saturated rings. The van der Waals surface area contributed by atoms with E-state index in [2.05, 4.69) is 4.98 Å². The number of aromatic nitrogens is 1. The van der Waals surface area contributed by atoms with Crippen LogP contribution in [0.4, 0.5) is 10.1 Å². The van der Waals surface area contributed by atoms with E-state index in [9.17, 15) is 12.8 Å². The molecule has 0 amide bonds. The van der Waals surface area contributed by atoms with Crippen LogP contribution in [0, 0.1) is 5.82 Å². The zero-order valence-corrected chi connectivity index (χ0v) is 10.3. The van der Waals surface area contributed by atoms with Gasteiger partial charge in [0, 0.05) is 11.6 Å². The number of nitrogens with two attached hydrogens (primary N) is 1. The maximum Gasteiger partial charge on any atom is 0.187 e. The molecule has 0 spiro atoms. The van der Waals surface area contributed by atoms with Gasteiger partial charge < -0.3 is 5.73 Å². The number of hydrogen-bond donors (Lipinski definition) is 1. The normalized spacial score (nSPS) is 11.6. The summed E-state index contributed by atoms with van der Waals surface area (Å²) >= 11 is 1.23. The largest absolute Gasteiger partial charge is 0.398 e. The molecular weight excluding hydrogens is 263 g/mol. The first kappa shape index (κ1) is 12.0. The third kappa shape index (κ3) is 2.62. The van der Waals surface area contributed by atoms with Crippen LogP contribution in [0.5, 0.6) is 0 Å². The van der Waals surface area contributed by atoms with Gasteiger partial charge in [-0.15, -0.1) is 11.3 Å². The van der Waals surface area contributed by atoms with Crippen molar-refractivity contribution >= 4 is 26.9 Å². The highest BCUT2D eigenvalue weighted by molar-refractivity contribution is 7.91. The fraction of sp³-hybridized carbons (Fsp3) is 0.100. The molecule has 0 aliphatic heterocycles. The first-order valence-corrected chi connectivity index (χ1v) is 7.18. The minimum atomic E-state index is -3.65. The van der Waals surface area contributed by atoms with Crippen LogP contribution in [-0.4, -0.2) is 13.4 Å². The average Bonchev–Trinajstić information content (AvgIpc) is 2.73. The van der Waals surface area contributed by atoms with Crippen molar-refractivity contribution in [1.82, 2.24) is 4.98 Å². The lowest BCUT2D eigenvalue weighted by Crippen LogP contribution is -2.08. The molecule has 1 heterocycles. The van der Waals surface area contributed by atoms with E-state index in [0.29, 0.717) is 5.01 Å².